The number of carbonyl (C=O) groups is 1. The van der Waals surface area contributed by atoms with Crippen molar-refractivity contribution in [3.8, 4) is 0 Å². The van der Waals surface area contributed by atoms with E-state index in [1.807, 2.05) is 0 Å². The minimum Gasteiger partial charge on any atom is -0.469 e. The summed E-state index contributed by atoms with van der Waals surface area (Å²) in [6.45, 7) is 3.65. The van der Waals surface area contributed by atoms with E-state index in [1.54, 1.807) is 6.08 Å². The normalized spacial score (nSPS) is 12.0. The van der Waals surface area contributed by atoms with Crippen LogP contribution in [0, 0.1) is 0 Å². The maximum absolute atomic E-state index is 11.0. The third-order valence-corrected chi connectivity index (χ3v) is 3.25. The average Bonchev–Trinajstić information content (AvgIpc) is 2.42. The molecule has 0 aromatic rings. The Balaban J connectivity index is 3.92. The van der Waals surface area contributed by atoms with Crippen LogP contribution >= 0.6 is 0 Å². The second-order valence-electron chi connectivity index (χ2n) is 4.72. The van der Waals surface area contributed by atoms with Crippen molar-refractivity contribution < 1.29 is 14.3 Å². The second-order valence-corrected chi connectivity index (χ2v) is 4.72. The van der Waals surface area contributed by atoms with Crippen LogP contribution in [0.15, 0.2) is 4.99 Å². The van der Waals surface area contributed by atoms with Gasteiger partial charge in [0.15, 0.2) is 0 Å². The van der Waals surface area contributed by atoms with Gasteiger partial charge in [-0.3, -0.25) is 4.79 Å². The highest BCUT2D eigenvalue weighted by Gasteiger charge is 2.13. The summed E-state index contributed by atoms with van der Waals surface area (Å²) < 4.78 is 4.61. The molecule has 0 amide bonds. The van der Waals surface area contributed by atoms with Gasteiger partial charge in [0.05, 0.1) is 13.7 Å². The van der Waals surface area contributed by atoms with Gasteiger partial charge in [0.1, 0.15) is 0 Å². The van der Waals surface area contributed by atoms with Gasteiger partial charge in [-0.25, -0.2) is 9.79 Å². The topological polar surface area (TPSA) is 59.0 Å². The van der Waals surface area contributed by atoms with Gasteiger partial charge in [-0.1, -0.05) is 13.3 Å². The van der Waals surface area contributed by atoms with Crippen molar-refractivity contribution >= 4 is 12.0 Å². The third kappa shape index (κ3) is 9.40. The molecule has 5 nitrogen and oxygen atoms in total. The largest absolute Gasteiger partial charge is 0.469 e. The number of methoxy groups -OCH3 is 1. The lowest BCUT2D eigenvalue weighted by molar-refractivity contribution is -0.140. The Bertz CT molecular complexity index is 288. The van der Waals surface area contributed by atoms with Crippen LogP contribution in [-0.4, -0.2) is 50.2 Å². The molecule has 0 spiro atoms. The first kappa shape index (κ1) is 17.8. The molecule has 0 saturated heterocycles. The first-order chi connectivity index (χ1) is 9.15. The highest BCUT2D eigenvalue weighted by molar-refractivity contribution is 5.68. The molecule has 0 fully saturated rings. The zero-order chi connectivity index (χ0) is 14.5. The number of aliphatic imine (C=N–C) groups is 1. The smallest absolute Gasteiger partial charge is 0.305 e. The first-order valence-electron chi connectivity index (χ1n) is 6.96. The average molecular weight is 270 g/mol. The molecule has 0 aliphatic heterocycles. The Labute approximate surface area is 116 Å². The minimum absolute atomic E-state index is 0.145. The number of isocyanates is 1. The predicted molar refractivity (Wildman–Crippen MR) is 74.8 cm³/mol. The summed E-state index contributed by atoms with van der Waals surface area (Å²) in [5.41, 5.74) is 0. The highest BCUT2D eigenvalue weighted by atomic mass is 16.5. The molecule has 1 unspecified atom stereocenters. The Morgan fingerprint density at radius 2 is 2.11 bits per heavy atom. The predicted octanol–water partition coefficient (Wildman–Crippen LogP) is 2.16. The molecule has 19 heavy (non-hydrogen) atoms. The van der Waals surface area contributed by atoms with Crippen LogP contribution in [0.2, 0.25) is 0 Å². The first-order valence-corrected chi connectivity index (χ1v) is 6.96. The maximum atomic E-state index is 11.0. The van der Waals surface area contributed by atoms with Gasteiger partial charge in [0.25, 0.3) is 0 Å². The van der Waals surface area contributed by atoms with Crippen LogP contribution in [0.5, 0.6) is 0 Å². The standard InChI is InChI=1S/C14H26N2O3/c1-4-7-13(9-10-15-12-17)16(2)11-6-5-8-14(18)19-3/h13H,4-11H2,1-3H3. The quantitative estimate of drug-likeness (QED) is 0.250. The Morgan fingerprint density at radius 1 is 1.37 bits per heavy atom. The van der Waals surface area contributed by atoms with Gasteiger partial charge in [-0.15, -0.1) is 0 Å². The SMILES string of the molecule is CCCC(CCN=C=O)N(C)CCCCC(=O)OC. The van der Waals surface area contributed by atoms with Gasteiger partial charge in [0.2, 0.25) is 6.08 Å². The molecule has 0 aromatic heterocycles. The molecule has 0 saturated carbocycles. The highest BCUT2D eigenvalue weighted by Crippen LogP contribution is 2.11. The fraction of sp³-hybridized carbons (Fsp3) is 0.857. The Kier molecular flexibility index (Phi) is 11.1. The molecule has 0 aliphatic rings. The molecule has 0 heterocycles. The van der Waals surface area contributed by atoms with E-state index in [1.165, 1.54) is 7.11 Å². The summed E-state index contributed by atoms with van der Waals surface area (Å²) in [6, 6.07) is 0.445. The Morgan fingerprint density at radius 3 is 2.68 bits per heavy atom. The van der Waals surface area contributed by atoms with Crippen LogP contribution in [0.3, 0.4) is 0 Å². The second kappa shape index (κ2) is 11.9. The van der Waals surface area contributed by atoms with Crippen molar-refractivity contribution in [2.75, 3.05) is 27.2 Å². The zero-order valence-electron chi connectivity index (χ0n) is 12.4. The van der Waals surface area contributed by atoms with E-state index in [0.29, 0.717) is 19.0 Å². The lowest BCUT2D eigenvalue weighted by atomic mass is 10.1. The van der Waals surface area contributed by atoms with E-state index in [-0.39, 0.29) is 5.97 Å². The van der Waals surface area contributed by atoms with Gasteiger partial charge in [-0.2, -0.15) is 0 Å². The van der Waals surface area contributed by atoms with E-state index in [4.69, 9.17) is 0 Å². The van der Waals surface area contributed by atoms with E-state index in [9.17, 15) is 9.59 Å². The van der Waals surface area contributed by atoms with Crippen LogP contribution in [0.4, 0.5) is 0 Å². The number of rotatable bonds is 11. The van der Waals surface area contributed by atoms with E-state index >= 15 is 0 Å². The molecule has 0 bridgehead atoms. The van der Waals surface area contributed by atoms with Gasteiger partial charge < -0.3 is 9.64 Å². The number of nitrogens with zero attached hydrogens (tertiary/aromatic N) is 2. The van der Waals surface area contributed by atoms with Gasteiger partial charge >= 0.3 is 5.97 Å². The van der Waals surface area contributed by atoms with Gasteiger partial charge in [0, 0.05) is 12.5 Å². The fourth-order valence-electron chi connectivity index (χ4n) is 2.09. The summed E-state index contributed by atoms with van der Waals surface area (Å²) >= 11 is 0. The number of hydrogen-bond acceptors (Lipinski definition) is 5. The molecule has 1 atom stereocenters. The molecule has 0 radical (unpaired) electrons. The number of ether oxygens (including phenoxy) is 1. The van der Waals surface area contributed by atoms with Crippen molar-refractivity contribution in [3.05, 3.63) is 0 Å². The molecule has 0 N–H and O–H groups in total. The number of hydrogen-bond donors (Lipinski definition) is 0. The molecule has 110 valence electrons. The lowest BCUT2D eigenvalue weighted by Gasteiger charge is -2.27. The van der Waals surface area contributed by atoms with Gasteiger partial charge in [-0.05, 0) is 39.3 Å². The van der Waals surface area contributed by atoms with E-state index in [2.05, 4.69) is 28.6 Å². The molecule has 0 aromatic carbocycles. The van der Waals surface area contributed by atoms with Crippen molar-refractivity contribution in [1.82, 2.24) is 4.90 Å². The maximum Gasteiger partial charge on any atom is 0.305 e. The number of esters is 1. The number of carbonyl (C=O) groups excluding carboxylic acids is 2. The lowest BCUT2D eigenvalue weighted by Crippen LogP contribution is -2.33. The van der Waals surface area contributed by atoms with Crippen molar-refractivity contribution in [2.24, 2.45) is 4.99 Å². The summed E-state index contributed by atoms with van der Waals surface area (Å²) in [7, 11) is 3.50. The molecular weight excluding hydrogens is 244 g/mol. The van der Waals surface area contributed by atoms with Crippen LogP contribution in [0.1, 0.15) is 45.4 Å². The summed E-state index contributed by atoms with van der Waals surface area (Å²) in [5, 5.41) is 0. The molecule has 0 rings (SSSR count). The monoisotopic (exact) mass is 270 g/mol. The van der Waals surface area contributed by atoms with E-state index < -0.39 is 0 Å². The fourth-order valence-corrected chi connectivity index (χ4v) is 2.09. The molecule has 5 heteroatoms. The van der Waals surface area contributed by atoms with Crippen molar-refractivity contribution in [1.29, 1.82) is 0 Å². The summed E-state index contributed by atoms with van der Waals surface area (Å²) in [5.74, 6) is -0.145. The molecule has 0 aliphatic carbocycles. The minimum atomic E-state index is -0.145. The van der Waals surface area contributed by atoms with Crippen LogP contribution < -0.4 is 0 Å². The summed E-state index contributed by atoms with van der Waals surface area (Å²) in [4.78, 5) is 27.0. The van der Waals surface area contributed by atoms with Crippen molar-refractivity contribution in [3.63, 3.8) is 0 Å². The Hall–Kier alpha value is -1.19. The van der Waals surface area contributed by atoms with Crippen molar-refractivity contribution in [2.45, 2.75) is 51.5 Å². The van der Waals surface area contributed by atoms with Crippen LogP contribution in [0.25, 0.3) is 0 Å². The number of unbranched alkanes of at least 4 members (excludes halogenated alkanes) is 1. The molecular formula is C14H26N2O3. The van der Waals surface area contributed by atoms with E-state index in [0.717, 1.165) is 38.6 Å². The van der Waals surface area contributed by atoms with Crippen LogP contribution in [-0.2, 0) is 14.3 Å². The zero-order valence-corrected chi connectivity index (χ0v) is 12.4. The third-order valence-electron chi connectivity index (χ3n) is 3.25. The summed E-state index contributed by atoms with van der Waals surface area (Å²) in [6.07, 6.45) is 6.99.